The van der Waals surface area contributed by atoms with Gasteiger partial charge in [-0.3, -0.25) is 0 Å². The third kappa shape index (κ3) is 5.60. The molecule has 5 heteroatoms. The zero-order valence-corrected chi connectivity index (χ0v) is 13.7. The number of esters is 1. The van der Waals surface area contributed by atoms with Crippen molar-refractivity contribution < 1.29 is 23.7 Å². The number of rotatable bonds is 7. The molecule has 1 atom stereocenters. The van der Waals surface area contributed by atoms with E-state index in [2.05, 4.69) is 0 Å². The zero-order valence-electron chi connectivity index (χ0n) is 13.7. The molecule has 23 heavy (non-hydrogen) atoms. The molecule has 1 aromatic rings. The van der Waals surface area contributed by atoms with E-state index in [1.54, 1.807) is 13.2 Å². The number of allylic oxidation sites excluding steroid dienone is 1. The third-order valence-corrected chi connectivity index (χ3v) is 3.60. The normalized spacial score (nSPS) is 17.9. The molecule has 0 spiro atoms. The summed E-state index contributed by atoms with van der Waals surface area (Å²) in [6.07, 6.45) is 7.06. The molecule has 0 bridgehead atoms. The van der Waals surface area contributed by atoms with Gasteiger partial charge in [0.1, 0.15) is 6.61 Å². The molecule has 2 rings (SSSR count). The first-order valence-corrected chi connectivity index (χ1v) is 7.93. The van der Waals surface area contributed by atoms with Crippen LogP contribution in [-0.4, -0.2) is 39.0 Å². The van der Waals surface area contributed by atoms with Crippen LogP contribution in [0.25, 0.3) is 6.08 Å². The summed E-state index contributed by atoms with van der Waals surface area (Å²) >= 11 is 0. The van der Waals surface area contributed by atoms with Crippen LogP contribution >= 0.6 is 0 Å². The van der Waals surface area contributed by atoms with Gasteiger partial charge in [0.25, 0.3) is 0 Å². The molecule has 0 aromatic heterocycles. The second-order valence-corrected chi connectivity index (χ2v) is 5.37. The molecule has 0 radical (unpaired) electrons. The van der Waals surface area contributed by atoms with Gasteiger partial charge >= 0.3 is 5.97 Å². The summed E-state index contributed by atoms with van der Waals surface area (Å²) in [6.45, 7) is 2.84. The van der Waals surface area contributed by atoms with Crippen LogP contribution in [0.1, 0.15) is 31.7 Å². The molecule has 0 saturated carbocycles. The Balaban J connectivity index is 1.81. The van der Waals surface area contributed by atoms with Crippen molar-refractivity contribution in [2.24, 2.45) is 0 Å². The summed E-state index contributed by atoms with van der Waals surface area (Å²) < 4.78 is 21.5. The molecule has 1 aromatic carbocycles. The quantitative estimate of drug-likeness (QED) is 0.722. The van der Waals surface area contributed by atoms with Crippen LogP contribution in [-0.2, 0) is 14.3 Å². The molecule has 1 fully saturated rings. The van der Waals surface area contributed by atoms with Gasteiger partial charge in [-0.2, -0.15) is 0 Å². The number of carbonyl (C=O) groups is 1. The average molecular weight is 320 g/mol. The number of methoxy groups -OCH3 is 1. The highest BCUT2D eigenvalue weighted by Crippen LogP contribution is 2.28. The van der Waals surface area contributed by atoms with Crippen molar-refractivity contribution in [3.63, 3.8) is 0 Å². The van der Waals surface area contributed by atoms with Crippen molar-refractivity contribution in [2.75, 3.05) is 26.9 Å². The highest BCUT2D eigenvalue weighted by molar-refractivity contribution is 5.71. The van der Waals surface area contributed by atoms with Gasteiger partial charge in [0, 0.05) is 6.61 Å². The Bertz CT molecular complexity index is 532. The second kappa shape index (κ2) is 9.20. The van der Waals surface area contributed by atoms with Crippen molar-refractivity contribution in [1.29, 1.82) is 0 Å². The Morgan fingerprint density at radius 2 is 2.22 bits per heavy atom. The topological polar surface area (TPSA) is 54.0 Å². The molecule has 0 amide bonds. The van der Waals surface area contributed by atoms with Crippen LogP contribution in [0.5, 0.6) is 11.5 Å². The number of carbonyl (C=O) groups excluding carboxylic acids is 1. The van der Waals surface area contributed by atoms with Gasteiger partial charge in [-0.05, 0) is 43.9 Å². The second-order valence-electron chi connectivity index (χ2n) is 5.37. The molecule has 1 heterocycles. The molecular formula is C18H24O5. The predicted octanol–water partition coefficient (Wildman–Crippen LogP) is 3.22. The lowest BCUT2D eigenvalue weighted by Crippen LogP contribution is -2.27. The van der Waals surface area contributed by atoms with E-state index in [0.717, 1.165) is 31.4 Å². The van der Waals surface area contributed by atoms with E-state index in [4.69, 9.17) is 18.9 Å². The molecule has 1 unspecified atom stereocenters. The SMILES string of the molecule is CC=Cc1ccc(OCC(=O)OCC2CCCCO2)c(OC)c1. The van der Waals surface area contributed by atoms with Crippen LogP contribution in [0.2, 0.25) is 0 Å². The lowest BCUT2D eigenvalue weighted by Gasteiger charge is -2.22. The van der Waals surface area contributed by atoms with E-state index in [1.165, 1.54) is 0 Å². The van der Waals surface area contributed by atoms with E-state index < -0.39 is 5.97 Å². The van der Waals surface area contributed by atoms with Gasteiger partial charge in [-0.1, -0.05) is 18.2 Å². The molecule has 1 aliphatic rings. The van der Waals surface area contributed by atoms with Crippen LogP contribution in [0.4, 0.5) is 0 Å². The predicted molar refractivity (Wildman–Crippen MR) is 87.7 cm³/mol. The Hall–Kier alpha value is -2.01. The molecule has 126 valence electrons. The van der Waals surface area contributed by atoms with Gasteiger partial charge in [-0.15, -0.1) is 0 Å². The minimum Gasteiger partial charge on any atom is -0.493 e. The van der Waals surface area contributed by atoms with Crippen molar-refractivity contribution in [1.82, 2.24) is 0 Å². The van der Waals surface area contributed by atoms with Gasteiger partial charge in [0.05, 0.1) is 13.2 Å². The highest BCUT2D eigenvalue weighted by atomic mass is 16.6. The average Bonchev–Trinajstić information content (AvgIpc) is 2.59. The third-order valence-electron chi connectivity index (χ3n) is 3.60. The Labute approximate surface area is 137 Å². The van der Waals surface area contributed by atoms with Crippen LogP contribution in [0, 0.1) is 0 Å². The first-order valence-electron chi connectivity index (χ1n) is 7.93. The maximum absolute atomic E-state index is 11.8. The van der Waals surface area contributed by atoms with Gasteiger partial charge < -0.3 is 18.9 Å². The zero-order chi connectivity index (χ0) is 16.5. The Morgan fingerprint density at radius 1 is 1.35 bits per heavy atom. The van der Waals surface area contributed by atoms with E-state index >= 15 is 0 Å². The highest BCUT2D eigenvalue weighted by Gasteiger charge is 2.16. The largest absolute Gasteiger partial charge is 0.493 e. The lowest BCUT2D eigenvalue weighted by molar-refractivity contribution is -0.151. The summed E-state index contributed by atoms with van der Waals surface area (Å²) in [7, 11) is 1.57. The Kier molecular flexibility index (Phi) is 6.94. The smallest absolute Gasteiger partial charge is 0.344 e. The first kappa shape index (κ1) is 17.3. The lowest BCUT2D eigenvalue weighted by atomic mass is 10.1. The van der Waals surface area contributed by atoms with Crippen molar-refractivity contribution >= 4 is 12.0 Å². The number of hydrogen-bond donors (Lipinski definition) is 0. The Morgan fingerprint density at radius 3 is 2.91 bits per heavy atom. The van der Waals surface area contributed by atoms with Crippen molar-refractivity contribution in [3.8, 4) is 11.5 Å². The van der Waals surface area contributed by atoms with E-state index in [9.17, 15) is 4.79 Å². The summed E-state index contributed by atoms with van der Waals surface area (Å²) in [5.41, 5.74) is 1.01. The van der Waals surface area contributed by atoms with Crippen molar-refractivity contribution in [3.05, 3.63) is 29.8 Å². The number of benzene rings is 1. The molecule has 0 aliphatic carbocycles. The summed E-state index contributed by atoms with van der Waals surface area (Å²) in [4.78, 5) is 11.8. The number of ether oxygens (including phenoxy) is 4. The standard InChI is InChI=1S/C18H24O5/c1-3-6-14-8-9-16(17(11-14)20-2)22-13-18(19)23-12-15-7-4-5-10-21-15/h3,6,8-9,11,15H,4-5,7,10,12-13H2,1-2H3. The fourth-order valence-corrected chi connectivity index (χ4v) is 2.40. The van der Waals surface area contributed by atoms with E-state index in [0.29, 0.717) is 18.1 Å². The maximum atomic E-state index is 11.8. The van der Waals surface area contributed by atoms with Gasteiger partial charge in [0.2, 0.25) is 0 Å². The summed E-state index contributed by atoms with van der Waals surface area (Å²) in [6, 6.07) is 5.54. The first-order chi connectivity index (χ1) is 11.2. The van der Waals surface area contributed by atoms with Crippen molar-refractivity contribution in [2.45, 2.75) is 32.3 Å². The van der Waals surface area contributed by atoms with Gasteiger partial charge in [-0.25, -0.2) is 4.79 Å². The monoisotopic (exact) mass is 320 g/mol. The fraction of sp³-hybridized carbons (Fsp3) is 0.500. The molecule has 1 aliphatic heterocycles. The van der Waals surface area contributed by atoms with E-state index in [1.807, 2.05) is 31.2 Å². The van der Waals surface area contributed by atoms with Crippen LogP contribution in [0.3, 0.4) is 0 Å². The van der Waals surface area contributed by atoms with Crippen LogP contribution in [0.15, 0.2) is 24.3 Å². The minimum absolute atomic E-state index is 0.0161. The molecule has 0 N–H and O–H groups in total. The molecule has 1 saturated heterocycles. The van der Waals surface area contributed by atoms with Crippen LogP contribution < -0.4 is 9.47 Å². The summed E-state index contributed by atoms with van der Waals surface area (Å²) in [5.74, 6) is 0.703. The fourth-order valence-electron chi connectivity index (χ4n) is 2.40. The van der Waals surface area contributed by atoms with Gasteiger partial charge in [0.15, 0.2) is 18.1 Å². The van der Waals surface area contributed by atoms with E-state index in [-0.39, 0.29) is 12.7 Å². The molecular weight excluding hydrogens is 296 g/mol. The minimum atomic E-state index is -0.404. The maximum Gasteiger partial charge on any atom is 0.344 e. The summed E-state index contributed by atoms with van der Waals surface area (Å²) in [5, 5.41) is 0. The number of hydrogen-bond acceptors (Lipinski definition) is 5. The molecule has 5 nitrogen and oxygen atoms in total.